The molecule has 0 saturated carbocycles. The third-order valence-electron chi connectivity index (χ3n) is 5.66. The Morgan fingerprint density at radius 3 is 2.10 bits per heavy atom. The van der Waals surface area contributed by atoms with E-state index in [0.717, 1.165) is 24.8 Å². The second kappa shape index (κ2) is 10.3. The molecule has 0 atom stereocenters. The van der Waals surface area contributed by atoms with Crippen LogP contribution in [-0.4, -0.2) is 80.4 Å². The van der Waals surface area contributed by atoms with Crippen LogP contribution >= 0.6 is 0 Å². The summed E-state index contributed by atoms with van der Waals surface area (Å²) in [6.07, 6.45) is 3.49. The largest absolute Gasteiger partial charge is 0.450 e. The van der Waals surface area contributed by atoms with E-state index in [-0.39, 0.29) is 12.0 Å². The second-order valence-electron chi connectivity index (χ2n) is 7.68. The van der Waals surface area contributed by atoms with Crippen LogP contribution in [0.2, 0.25) is 0 Å². The van der Waals surface area contributed by atoms with Crippen molar-refractivity contribution in [3.8, 4) is 0 Å². The summed E-state index contributed by atoms with van der Waals surface area (Å²) in [7, 11) is -3.43. The van der Waals surface area contributed by atoms with E-state index in [0.29, 0.717) is 63.6 Å². The van der Waals surface area contributed by atoms with Crippen molar-refractivity contribution in [2.45, 2.75) is 43.9 Å². The van der Waals surface area contributed by atoms with Crippen molar-refractivity contribution in [1.82, 2.24) is 14.1 Å². The number of carbonyl (C=O) groups excluding carboxylic acids is 2. The van der Waals surface area contributed by atoms with E-state index >= 15 is 0 Å². The summed E-state index contributed by atoms with van der Waals surface area (Å²) in [6.45, 7) is 5.25. The standard InChI is InChI=1S/C21H31N3O5S/c1-2-29-21(26)23-16-14-22(15-17-23)20(25)11-8-18-6-9-19(10-7-18)30(27,28)24-12-4-3-5-13-24/h6-7,9-10H,2-5,8,11-17H2,1H3. The molecular formula is C21H31N3O5S. The Morgan fingerprint density at radius 2 is 1.50 bits per heavy atom. The molecule has 0 aliphatic carbocycles. The monoisotopic (exact) mass is 437 g/mol. The van der Waals surface area contributed by atoms with Crippen LogP contribution in [0.15, 0.2) is 29.2 Å². The molecule has 166 valence electrons. The maximum Gasteiger partial charge on any atom is 0.409 e. The van der Waals surface area contributed by atoms with Crippen LogP contribution in [0.3, 0.4) is 0 Å². The van der Waals surface area contributed by atoms with Gasteiger partial charge in [0.1, 0.15) is 0 Å². The lowest BCUT2D eigenvalue weighted by Gasteiger charge is -2.34. The van der Waals surface area contributed by atoms with Crippen LogP contribution in [-0.2, 0) is 26.0 Å². The summed E-state index contributed by atoms with van der Waals surface area (Å²) in [5.74, 6) is 0.0449. The van der Waals surface area contributed by atoms with Crippen molar-refractivity contribution in [3.05, 3.63) is 29.8 Å². The Hall–Kier alpha value is -2.13. The minimum atomic E-state index is -3.43. The van der Waals surface area contributed by atoms with Crippen molar-refractivity contribution in [1.29, 1.82) is 0 Å². The molecule has 2 heterocycles. The zero-order valence-corrected chi connectivity index (χ0v) is 18.4. The van der Waals surface area contributed by atoms with E-state index in [1.54, 1.807) is 45.3 Å². The van der Waals surface area contributed by atoms with Gasteiger partial charge in [-0.05, 0) is 43.9 Å². The number of amides is 2. The number of sulfonamides is 1. The number of aryl methyl sites for hydroxylation is 1. The van der Waals surface area contributed by atoms with E-state index in [4.69, 9.17) is 4.74 Å². The van der Waals surface area contributed by atoms with Crippen molar-refractivity contribution in [2.75, 3.05) is 45.9 Å². The van der Waals surface area contributed by atoms with Gasteiger partial charge in [0.2, 0.25) is 15.9 Å². The number of piperidine rings is 1. The Balaban J connectivity index is 1.48. The fourth-order valence-electron chi connectivity index (χ4n) is 3.84. The van der Waals surface area contributed by atoms with Crippen LogP contribution in [0.1, 0.15) is 38.2 Å². The number of hydrogen-bond acceptors (Lipinski definition) is 5. The number of carbonyl (C=O) groups is 2. The molecule has 2 aliphatic heterocycles. The average molecular weight is 438 g/mol. The molecule has 1 aromatic carbocycles. The number of ether oxygens (including phenoxy) is 1. The highest BCUT2D eigenvalue weighted by Gasteiger charge is 2.26. The van der Waals surface area contributed by atoms with Gasteiger partial charge in [0.25, 0.3) is 0 Å². The Kier molecular flexibility index (Phi) is 7.71. The number of rotatable bonds is 6. The van der Waals surface area contributed by atoms with Crippen molar-refractivity contribution >= 4 is 22.0 Å². The first kappa shape index (κ1) is 22.6. The molecule has 0 spiro atoms. The van der Waals surface area contributed by atoms with Gasteiger partial charge in [-0.15, -0.1) is 0 Å². The first-order chi connectivity index (χ1) is 14.4. The number of benzene rings is 1. The van der Waals surface area contributed by atoms with Crippen LogP contribution in [0, 0.1) is 0 Å². The highest BCUT2D eigenvalue weighted by atomic mass is 32.2. The van der Waals surface area contributed by atoms with Crippen molar-refractivity contribution in [2.24, 2.45) is 0 Å². The second-order valence-corrected chi connectivity index (χ2v) is 9.61. The molecule has 0 aromatic heterocycles. The van der Waals surface area contributed by atoms with Crippen LogP contribution in [0.5, 0.6) is 0 Å². The molecule has 9 heteroatoms. The molecule has 30 heavy (non-hydrogen) atoms. The third kappa shape index (κ3) is 5.51. The van der Waals surface area contributed by atoms with Crippen molar-refractivity contribution in [3.63, 3.8) is 0 Å². The predicted octanol–water partition coefficient (Wildman–Crippen LogP) is 2.09. The fourth-order valence-corrected chi connectivity index (χ4v) is 5.36. The van der Waals surface area contributed by atoms with Gasteiger partial charge < -0.3 is 14.5 Å². The first-order valence-corrected chi connectivity index (χ1v) is 12.1. The summed E-state index contributed by atoms with van der Waals surface area (Å²) < 4.78 is 32.0. The van der Waals surface area contributed by atoms with Gasteiger partial charge in [0.05, 0.1) is 11.5 Å². The Bertz CT molecular complexity index is 827. The lowest BCUT2D eigenvalue weighted by Crippen LogP contribution is -2.50. The Morgan fingerprint density at radius 1 is 0.900 bits per heavy atom. The van der Waals surface area contributed by atoms with E-state index in [1.165, 1.54) is 0 Å². The summed E-state index contributed by atoms with van der Waals surface area (Å²) in [4.78, 5) is 27.9. The predicted molar refractivity (Wildman–Crippen MR) is 113 cm³/mol. The van der Waals surface area contributed by atoms with Gasteiger partial charge in [-0.3, -0.25) is 4.79 Å². The minimum Gasteiger partial charge on any atom is -0.450 e. The van der Waals surface area contributed by atoms with Crippen LogP contribution in [0.4, 0.5) is 4.79 Å². The SMILES string of the molecule is CCOC(=O)N1CCN(C(=O)CCc2ccc(S(=O)(=O)N3CCCCC3)cc2)CC1. The molecule has 2 saturated heterocycles. The van der Waals surface area contributed by atoms with Crippen LogP contribution < -0.4 is 0 Å². The summed E-state index contributed by atoms with van der Waals surface area (Å²) >= 11 is 0. The summed E-state index contributed by atoms with van der Waals surface area (Å²) in [5, 5.41) is 0. The molecule has 2 fully saturated rings. The molecule has 0 N–H and O–H groups in total. The van der Waals surface area contributed by atoms with Gasteiger partial charge in [-0.25, -0.2) is 13.2 Å². The van der Waals surface area contributed by atoms with E-state index in [2.05, 4.69) is 0 Å². The number of nitrogens with zero attached hydrogens (tertiary/aromatic N) is 3. The third-order valence-corrected chi connectivity index (χ3v) is 7.57. The van der Waals surface area contributed by atoms with E-state index in [9.17, 15) is 18.0 Å². The van der Waals surface area contributed by atoms with Gasteiger partial charge >= 0.3 is 6.09 Å². The molecule has 2 aliphatic rings. The number of piperazine rings is 1. The normalized spacial score (nSPS) is 18.3. The first-order valence-electron chi connectivity index (χ1n) is 10.7. The summed E-state index contributed by atoms with van der Waals surface area (Å²) in [6, 6.07) is 6.87. The minimum absolute atomic E-state index is 0.0449. The maximum absolute atomic E-state index is 12.7. The summed E-state index contributed by atoms with van der Waals surface area (Å²) in [5.41, 5.74) is 0.936. The zero-order chi connectivity index (χ0) is 21.6. The lowest BCUT2D eigenvalue weighted by molar-refractivity contribution is -0.132. The molecule has 1 aromatic rings. The lowest BCUT2D eigenvalue weighted by atomic mass is 10.1. The molecule has 0 unspecified atom stereocenters. The van der Waals surface area contributed by atoms with E-state index in [1.807, 2.05) is 0 Å². The quantitative estimate of drug-likeness (QED) is 0.680. The van der Waals surface area contributed by atoms with Gasteiger partial charge in [0, 0.05) is 45.7 Å². The van der Waals surface area contributed by atoms with Gasteiger partial charge in [-0.1, -0.05) is 18.6 Å². The highest BCUT2D eigenvalue weighted by Crippen LogP contribution is 2.21. The maximum atomic E-state index is 12.7. The molecular weight excluding hydrogens is 406 g/mol. The Labute approximate surface area is 178 Å². The zero-order valence-electron chi connectivity index (χ0n) is 17.6. The highest BCUT2D eigenvalue weighted by molar-refractivity contribution is 7.89. The molecule has 0 bridgehead atoms. The van der Waals surface area contributed by atoms with Gasteiger partial charge in [-0.2, -0.15) is 4.31 Å². The van der Waals surface area contributed by atoms with E-state index < -0.39 is 10.0 Å². The average Bonchev–Trinajstić information content (AvgIpc) is 2.78. The van der Waals surface area contributed by atoms with Crippen LogP contribution in [0.25, 0.3) is 0 Å². The molecule has 2 amide bonds. The van der Waals surface area contributed by atoms with Crippen molar-refractivity contribution < 1.29 is 22.7 Å². The number of hydrogen-bond donors (Lipinski definition) is 0. The molecule has 3 rings (SSSR count). The topological polar surface area (TPSA) is 87.2 Å². The van der Waals surface area contributed by atoms with Gasteiger partial charge in [0.15, 0.2) is 0 Å². The molecule has 0 radical (unpaired) electrons. The molecule has 8 nitrogen and oxygen atoms in total. The fraction of sp³-hybridized carbons (Fsp3) is 0.619. The smallest absolute Gasteiger partial charge is 0.409 e.